The van der Waals surface area contributed by atoms with Crippen molar-refractivity contribution in [2.75, 3.05) is 24.6 Å². The van der Waals surface area contributed by atoms with E-state index in [0.717, 1.165) is 65.3 Å². The molecule has 0 amide bonds. The highest BCUT2D eigenvalue weighted by atomic mass is 16.3. The Labute approximate surface area is 206 Å². The third-order valence-corrected chi connectivity index (χ3v) is 6.73. The van der Waals surface area contributed by atoms with Gasteiger partial charge in [0.2, 0.25) is 0 Å². The number of para-hydroxylation sites is 1. The van der Waals surface area contributed by atoms with Gasteiger partial charge in [0.15, 0.2) is 0 Å². The predicted octanol–water partition coefficient (Wildman–Crippen LogP) is 4.22. The molecule has 1 aliphatic heterocycles. The zero-order valence-corrected chi connectivity index (χ0v) is 19.6. The topological polar surface area (TPSA) is 78.5 Å². The number of terminal acetylenes is 1. The summed E-state index contributed by atoms with van der Waals surface area (Å²) >= 11 is 0. The molecule has 6 heteroatoms. The molecule has 0 bridgehead atoms. The molecule has 2 heterocycles. The first-order valence-electron chi connectivity index (χ1n) is 11.9. The normalized spacial score (nSPS) is 18.3. The molecule has 1 saturated heterocycles. The summed E-state index contributed by atoms with van der Waals surface area (Å²) in [6, 6.07) is 24.4. The van der Waals surface area contributed by atoms with Gasteiger partial charge in [-0.25, -0.2) is 9.97 Å². The number of nitrogens with zero attached hydrogens (tertiary/aromatic N) is 4. The van der Waals surface area contributed by atoms with Crippen molar-refractivity contribution < 1.29 is 5.11 Å². The largest absolute Gasteiger partial charge is 0.396 e. The molecule has 0 spiro atoms. The van der Waals surface area contributed by atoms with E-state index in [9.17, 15) is 5.11 Å². The maximum Gasteiger partial charge on any atom is 0.149 e. The van der Waals surface area contributed by atoms with Crippen LogP contribution in [0.25, 0.3) is 10.9 Å². The first-order valence-corrected chi connectivity index (χ1v) is 11.9. The van der Waals surface area contributed by atoms with Crippen LogP contribution in [0.3, 0.4) is 0 Å². The van der Waals surface area contributed by atoms with Crippen LogP contribution in [0.15, 0.2) is 79.1 Å². The number of aromatic nitrogens is 2. The molecule has 35 heavy (non-hydrogen) atoms. The zero-order chi connectivity index (χ0) is 24.2. The van der Waals surface area contributed by atoms with Gasteiger partial charge >= 0.3 is 0 Å². The van der Waals surface area contributed by atoms with Crippen LogP contribution in [-0.4, -0.2) is 45.7 Å². The van der Waals surface area contributed by atoms with Crippen LogP contribution in [0.1, 0.15) is 17.5 Å². The number of hydrogen-bond acceptors (Lipinski definition) is 6. The number of nitrogens with two attached hydrogens (primary N) is 1. The quantitative estimate of drug-likeness (QED) is 0.417. The van der Waals surface area contributed by atoms with Crippen molar-refractivity contribution in [1.82, 2.24) is 14.9 Å². The second kappa shape index (κ2) is 10.2. The first kappa shape index (κ1) is 23.0. The van der Waals surface area contributed by atoms with Gasteiger partial charge in [0.05, 0.1) is 5.52 Å². The maximum absolute atomic E-state index is 9.78. The number of fused-ring (bicyclic) bond motifs is 1. The van der Waals surface area contributed by atoms with Crippen LogP contribution in [0, 0.1) is 18.3 Å². The molecule has 6 nitrogen and oxygen atoms in total. The van der Waals surface area contributed by atoms with Crippen molar-refractivity contribution in [1.29, 1.82) is 0 Å². The van der Waals surface area contributed by atoms with Gasteiger partial charge in [-0.3, -0.25) is 9.80 Å². The lowest BCUT2D eigenvalue weighted by molar-refractivity contribution is 0.0995. The summed E-state index contributed by atoms with van der Waals surface area (Å²) in [6.07, 6.45) is 8.21. The van der Waals surface area contributed by atoms with Gasteiger partial charge in [-0.1, -0.05) is 42.3 Å². The molecular formula is C29H29N5O. The molecule has 0 saturated carbocycles. The Morgan fingerprint density at radius 1 is 1.03 bits per heavy atom. The zero-order valence-electron chi connectivity index (χ0n) is 19.6. The number of anilines is 3. The summed E-state index contributed by atoms with van der Waals surface area (Å²) in [5.41, 5.74) is 11.0. The fraction of sp³-hybridized carbons (Fsp3) is 0.241. The average molecular weight is 464 g/mol. The average Bonchev–Trinajstić information content (AvgIpc) is 2.91. The molecule has 176 valence electrons. The van der Waals surface area contributed by atoms with Crippen LogP contribution in [0.4, 0.5) is 17.2 Å². The van der Waals surface area contributed by atoms with E-state index in [4.69, 9.17) is 17.1 Å². The van der Waals surface area contributed by atoms with Gasteiger partial charge < -0.3 is 10.8 Å². The van der Waals surface area contributed by atoms with E-state index in [2.05, 4.69) is 38.9 Å². The molecule has 1 fully saturated rings. The smallest absolute Gasteiger partial charge is 0.149 e. The van der Waals surface area contributed by atoms with E-state index >= 15 is 0 Å². The van der Waals surface area contributed by atoms with Gasteiger partial charge in [0.25, 0.3) is 0 Å². The van der Waals surface area contributed by atoms with Gasteiger partial charge in [-0.05, 0) is 54.9 Å². The summed E-state index contributed by atoms with van der Waals surface area (Å²) in [5.74, 6) is 3.63. The van der Waals surface area contributed by atoms with Crippen LogP contribution < -0.4 is 10.6 Å². The Hall–Kier alpha value is -3.76. The minimum Gasteiger partial charge on any atom is -0.396 e. The highest BCUT2D eigenvalue weighted by molar-refractivity contribution is 5.97. The van der Waals surface area contributed by atoms with Crippen molar-refractivity contribution in [3.05, 3.63) is 90.3 Å². The second-order valence-corrected chi connectivity index (χ2v) is 9.00. The van der Waals surface area contributed by atoms with Crippen LogP contribution in [0.5, 0.6) is 0 Å². The minimum atomic E-state index is 0.0414. The molecule has 0 unspecified atom stereocenters. The maximum atomic E-state index is 9.78. The lowest BCUT2D eigenvalue weighted by Gasteiger charge is -2.36. The van der Waals surface area contributed by atoms with E-state index < -0.39 is 0 Å². The van der Waals surface area contributed by atoms with Crippen molar-refractivity contribution in [2.45, 2.75) is 19.0 Å². The Morgan fingerprint density at radius 2 is 1.83 bits per heavy atom. The highest BCUT2D eigenvalue weighted by Gasteiger charge is 2.27. The number of likely N-dealkylation sites (tertiary alicyclic amines) is 1. The number of hydrogen-bond donors (Lipinski definition) is 2. The third kappa shape index (κ3) is 4.75. The lowest BCUT2D eigenvalue weighted by Crippen LogP contribution is -2.48. The second-order valence-electron chi connectivity index (χ2n) is 9.00. The first-order chi connectivity index (χ1) is 17.2. The van der Waals surface area contributed by atoms with Crippen molar-refractivity contribution >= 4 is 28.1 Å². The fourth-order valence-corrected chi connectivity index (χ4v) is 4.87. The number of benzene rings is 3. The van der Waals surface area contributed by atoms with Gasteiger partial charge in [0.1, 0.15) is 12.1 Å². The van der Waals surface area contributed by atoms with E-state index in [-0.39, 0.29) is 18.6 Å². The summed E-state index contributed by atoms with van der Waals surface area (Å²) in [4.78, 5) is 13.9. The van der Waals surface area contributed by atoms with E-state index in [0.29, 0.717) is 0 Å². The molecule has 1 aliphatic rings. The SMILES string of the molecule is C#Cc1cccc(N(c2ccccc2)c2ncnc3cccc(CN4CC[C@@H](N)[C@H](CO)C4)c23)c1. The Kier molecular flexibility index (Phi) is 6.73. The summed E-state index contributed by atoms with van der Waals surface area (Å²) in [5, 5.41) is 10.8. The van der Waals surface area contributed by atoms with Crippen LogP contribution in [0.2, 0.25) is 0 Å². The standard InChI is InChI=1S/C29H29N5O/c1-2-21-8-6-12-25(16-21)34(24-10-4-3-5-11-24)29-28-22(9-7-13-27(28)31-20-32-29)17-33-15-14-26(30)23(18-33)19-35/h1,3-13,16,20,23,26,35H,14-15,17-19,30H2/t23-,26+/m0/s1. The molecule has 2 atom stereocenters. The molecule has 0 radical (unpaired) electrons. The number of aliphatic hydroxyl groups excluding tert-OH is 1. The fourth-order valence-electron chi connectivity index (χ4n) is 4.87. The molecular weight excluding hydrogens is 434 g/mol. The van der Waals surface area contributed by atoms with Crippen molar-refractivity contribution in [2.24, 2.45) is 11.7 Å². The summed E-state index contributed by atoms with van der Waals surface area (Å²) in [6.45, 7) is 2.50. The van der Waals surface area contributed by atoms with Crippen molar-refractivity contribution in [3.63, 3.8) is 0 Å². The Balaban J connectivity index is 1.63. The Morgan fingerprint density at radius 3 is 2.63 bits per heavy atom. The molecule has 3 aromatic carbocycles. The molecule has 1 aromatic heterocycles. The molecule has 0 aliphatic carbocycles. The van der Waals surface area contributed by atoms with Crippen LogP contribution in [-0.2, 0) is 6.54 Å². The van der Waals surface area contributed by atoms with E-state index in [1.807, 2.05) is 54.6 Å². The monoisotopic (exact) mass is 463 g/mol. The predicted molar refractivity (Wildman–Crippen MR) is 141 cm³/mol. The van der Waals surface area contributed by atoms with Gasteiger partial charge in [0, 0.05) is 54.0 Å². The van der Waals surface area contributed by atoms with Gasteiger partial charge in [-0.2, -0.15) is 0 Å². The summed E-state index contributed by atoms with van der Waals surface area (Å²) < 4.78 is 0. The molecule has 3 N–H and O–H groups in total. The van der Waals surface area contributed by atoms with Gasteiger partial charge in [-0.15, -0.1) is 6.42 Å². The number of aliphatic hydroxyl groups is 1. The van der Waals surface area contributed by atoms with E-state index in [1.165, 1.54) is 0 Å². The number of piperidine rings is 1. The lowest BCUT2D eigenvalue weighted by atomic mass is 9.93. The van der Waals surface area contributed by atoms with Crippen molar-refractivity contribution in [3.8, 4) is 12.3 Å². The molecule has 5 rings (SSSR count). The van der Waals surface area contributed by atoms with Crippen LogP contribution >= 0.6 is 0 Å². The highest BCUT2D eigenvalue weighted by Crippen LogP contribution is 2.38. The third-order valence-electron chi connectivity index (χ3n) is 6.73. The number of rotatable bonds is 6. The minimum absolute atomic E-state index is 0.0414. The Bertz CT molecular complexity index is 1350. The molecule has 4 aromatic rings. The van der Waals surface area contributed by atoms with E-state index in [1.54, 1.807) is 6.33 Å². The summed E-state index contributed by atoms with van der Waals surface area (Å²) in [7, 11) is 0.